The monoisotopic (exact) mass is 1360 g/mol. The topological polar surface area (TPSA) is 324 Å². The standard InChI is InChI=1S/C30H27NO7.C30H29NO7.C21H18O4/c1-20-2-4-21(5-3-20)8-16-27(35)29(28(36)17-9-22-6-12-24(33)13-7-22)30(37)31-23-10-14-26(15-11-23)38-19-25(34)18-32;1-20-2-4-21(5-3-20)8-16-27(35)29(28(36)17-9-22-6-12-24(34)13-7-22)30(37)31-23-10-14-25(15-11-23)38-26(18-32)19-33;1-25-21(24)20(18(22)14-12-16-8-4-2-5-9-16)19(23)15-13-17-10-6-3-7-11-17/h2-17,29,32-33H,18-19H2,1H3,(H,31,37);2-17,26,29,32-34H,18-19H2,1H3,(H,31,37);2-15,20H,1H3/b2*16-8+,17-9+;14-12+,15-13+. The number of allylic oxidation sites excluding steroid dienone is 6. The van der Waals surface area contributed by atoms with E-state index in [1.165, 1.54) is 109 Å². The van der Waals surface area contributed by atoms with Crippen molar-refractivity contribution in [2.75, 3.05) is 44.2 Å². The molecule has 0 heterocycles. The lowest BCUT2D eigenvalue weighted by Crippen LogP contribution is -2.34. The van der Waals surface area contributed by atoms with Gasteiger partial charge in [0.05, 0.1) is 20.3 Å². The van der Waals surface area contributed by atoms with Gasteiger partial charge in [-0.1, -0.05) is 181 Å². The summed E-state index contributed by atoms with van der Waals surface area (Å²) in [5.74, 6) is -10.9. The molecule has 7 N–H and O–H groups in total. The number of anilines is 2. The van der Waals surface area contributed by atoms with Gasteiger partial charge in [-0.15, -0.1) is 0 Å². The minimum atomic E-state index is -1.64. The van der Waals surface area contributed by atoms with Crippen LogP contribution >= 0.6 is 0 Å². The van der Waals surface area contributed by atoms with Crippen LogP contribution in [0.1, 0.15) is 44.5 Å². The molecule has 20 heteroatoms. The van der Waals surface area contributed by atoms with Crippen LogP contribution in [0.2, 0.25) is 0 Å². The Balaban J connectivity index is 0.000000244. The third-order valence-electron chi connectivity index (χ3n) is 14.4. The maximum Gasteiger partial charge on any atom is 0.324 e. The molecule has 8 aromatic rings. The highest BCUT2D eigenvalue weighted by Gasteiger charge is 2.34. The van der Waals surface area contributed by atoms with Gasteiger partial charge in [0.25, 0.3) is 0 Å². The van der Waals surface area contributed by atoms with E-state index in [2.05, 4.69) is 15.4 Å². The van der Waals surface area contributed by atoms with Crippen LogP contribution in [0, 0.1) is 31.6 Å². The zero-order valence-corrected chi connectivity index (χ0v) is 55.2. The summed E-state index contributed by atoms with van der Waals surface area (Å²) in [6.45, 7) is 2.22. The lowest BCUT2D eigenvalue weighted by Gasteiger charge is -2.15. The number of phenols is 2. The summed E-state index contributed by atoms with van der Waals surface area (Å²) in [7, 11) is 1.15. The molecule has 0 fully saturated rings. The first-order valence-corrected chi connectivity index (χ1v) is 31.3. The van der Waals surface area contributed by atoms with Crippen molar-refractivity contribution in [3.05, 3.63) is 287 Å². The summed E-state index contributed by atoms with van der Waals surface area (Å²) in [5.41, 5.74) is 7.04. The number of aliphatic hydroxyl groups is 3. The van der Waals surface area contributed by atoms with Crippen LogP contribution in [-0.4, -0.2) is 123 Å². The molecule has 2 amide bonds. The number of carbonyl (C=O) groups is 10. The number of benzene rings is 8. The summed E-state index contributed by atoms with van der Waals surface area (Å²) in [4.78, 5) is 126. The predicted molar refractivity (Wildman–Crippen MR) is 385 cm³/mol. The third kappa shape index (κ3) is 26.7. The van der Waals surface area contributed by atoms with E-state index in [0.29, 0.717) is 34.0 Å². The van der Waals surface area contributed by atoms with Crippen molar-refractivity contribution in [2.24, 2.45) is 17.8 Å². The Labute approximate surface area is 583 Å². The molecule has 0 bridgehead atoms. The Hall–Kier alpha value is -12.6. The minimum Gasteiger partial charge on any atom is -0.508 e. The van der Waals surface area contributed by atoms with Gasteiger partial charge >= 0.3 is 5.97 Å². The molecular weight excluding hydrogens is 1290 g/mol. The second-order valence-electron chi connectivity index (χ2n) is 22.2. The molecule has 0 aliphatic heterocycles. The van der Waals surface area contributed by atoms with E-state index in [0.717, 1.165) is 52.6 Å². The summed E-state index contributed by atoms with van der Waals surface area (Å²) < 4.78 is 15.3. The summed E-state index contributed by atoms with van der Waals surface area (Å²) in [6.07, 6.45) is 15.5. The number of esters is 1. The molecule has 0 saturated heterocycles. The Morgan fingerprint density at radius 2 is 0.673 bits per heavy atom. The van der Waals surface area contributed by atoms with E-state index < -0.39 is 88.7 Å². The molecule has 8 rings (SSSR count). The lowest BCUT2D eigenvalue weighted by atomic mass is 9.95. The number of hydrogen-bond acceptors (Lipinski definition) is 18. The summed E-state index contributed by atoms with van der Waals surface area (Å²) in [5, 5.41) is 51.1. The second-order valence-corrected chi connectivity index (χ2v) is 22.2. The van der Waals surface area contributed by atoms with Gasteiger partial charge < -0.3 is 50.4 Å². The number of methoxy groups -OCH3 is 1. The number of Topliss-reactive ketones (excluding diaryl/α,β-unsaturated/α-hetero) is 1. The Kier molecular flexibility index (Phi) is 31.3. The number of ketones is 7. The number of ether oxygens (including phenoxy) is 3. The molecular formula is C81H74N2O18. The van der Waals surface area contributed by atoms with Crippen molar-refractivity contribution in [3.8, 4) is 23.0 Å². The van der Waals surface area contributed by atoms with Crippen molar-refractivity contribution in [1.82, 2.24) is 0 Å². The van der Waals surface area contributed by atoms with E-state index in [1.807, 2.05) is 123 Å². The Morgan fingerprint density at radius 3 is 0.980 bits per heavy atom. The van der Waals surface area contributed by atoms with Crippen LogP contribution in [0.15, 0.2) is 243 Å². The predicted octanol–water partition coefficient (Wildman–Crippen LogP) is 10.7. The van der Waals surface area contributed by atoms with Gasteiger partial charge in [-0.05, 0) is 156 Å². The van der Waals surface area contributed by atoms with E-state index >= 15 is 0 Å². The molecule has 0 spiro atoms. The third-order valence-corrected chi connectivity index (χ3v) is 14.4. The molecule has 0 saturated carbocycles. The maximum atomic E-state index is 13.1. The average molecular weight is 1360 g/mol. The maximum absolute atomic E-state index is 13.1. The van der Waals surface area contributed by atoms with E-state index in [1.54, 1.807) is 48.6 Å². The zero-order chi connectivity index (χ0) is 73.1. The van der Waals surface area contributed by atoms with E-state index in [9.17, 15) is 58.2 Å². The molecule has 0 radical (unpaired) electrons. The van der Waals surface area contributed by atoms with Crippen molar-refractivity contribution in [2.45, 2.75) is 20.0 Å². The van der Waals surface area contributed by atoms with Crippen LogP contribution in [0.3, 0.4) is 0 Å². The Morgan fingerprint density at radius 1 is 0.376 bits per heavy atom. The van der Waals surface area contributed by atoms with Gasteiger partial charge in [-0.25, -0.2) is 0 Å². The van der Waals surface area contributed by atoms with Crippen molar-refractivity contribution >= 4 is 106 Å². The highest BCUT2D eigenvalue weighted by atomic mass is 16.5. The van der Waals surface area contributed by atoms with Gasteiger partial charge in [-0.3, -0.25) is 47.9 Å². The summed E-state index contributed by atoms with van der Waals surface area (Å²) >= 11 is 0. The van der Waals surface area contributed by atoms with Crippen LogP contribution in [0.25, 0.3) is 36.5 Å². The smallest absolute Gasteiger partial charge is 0.324 e. The fourth-order valence-electron chi connectivity index (χ4n) is 8.80. The summed E-state index contributed by atoms with van der Waals surface area (Å²) in [6, 6.07) is 57.4. The molecule has 0 aliphatic carbocycles. The average Bonchev–Trinajstić information content (AvgIpc) is 0.874. The number of hydrogen-bond donors (Lipinski definition) is 7. The van der Waals surface area contributed by atoms with E-state index in [4.69, 9.17) is 24.8 Å². The first-order valence-electron chi connectivity index (χ1n) is 31.3. The number of aromatic hydroxyl groups is 2. The van der Waals surface area contributed by atoms with Crippen LogP contribution in [0.5, 0.6) is 23.0 Å². The number of rotatable bonds is 31. The van der Waals surface area contributed by atoms with Crippen LogP contribution < -0.4 is 20.1 Å². The first kappa shape index (κ1) is 77.4. The molecule has 8 aromatic carbocycles. The largest absolute Gasteiger partial charge is 0.508 e. The van der Waals surface area contributed by atoms with Crippen LogP contribution in [-0.2, 0) is 52.7 Å². The minimum absolute atomic E-state index is 0.0681. The number of amides is 2. The highest BCUT2D eigenvalue weighted by Crippen LogP contribution is 2.22. The number of nitrogens with one attached hydrogen (secondary N) is 2. The quantitative estimate of drug-likeness (QED) is 0.0121. The fraction of sp³-hybridized carbons (Fsp3) is 0.136. The van der Waals surface area contributed by atoms with Gasteiger partial charge in [0.1, 0.15) is 42.3 Å². The number of aryl methyl sites for hydroxylation is 2. The highest BCUT2D eigenvalue weighted by molar-refractivity contribution is 6.29. The molecule has 0 aromatic heterocycles. The molecule has 516 valence electrons. The zero-order valence-electron chi connectivity index (χ0n) is 55.2. The lowest BCUT2D eigenvalue weighted by molar-refractivity contribution is -0.151. The molecule has 20 nitrogen and oxygen atoms in total. The number of carbonyl (C=O) groups excluding carboxylic acids is 10. The molecule has 101 heavy (non-hydrogen) atoms. The Bertz CT molecular complexity index is 4090. The van der Waals surface area contributed by atoms with Crippen molar-refractivity contribution in [1.29, 1.82) is 0 Å². The number of phenolic OH excluding ortho intramolecular Hbond substituents is 2. The van der Waals surface area contributed by atoms with Crippen LogP contribution in [0.4, 0.5) is 11.4 Å². The van der Waals surface area contributed by atoms with Gasteiger partial charge in [0.15, 0.2) is 58.2 Å². The molecule has 0 aliphatic rings. The van der Waals surface area contributed by atoms with Gasteiger partial charge in [0.2, 0.25) is 11.8 Å². The first-order chi connectivity index (χ1) is 48.6. The molecule has 2 atom stereocenters. The second kappa shape index (κ2) is 40.8. The normalized spacial score (nSPS) is 11.8. The van der Waals surface area contributed by atoms with Crippen molar-refractivity contribution in [3.63, 3.8) is 0 Å². The molecule has 2 unspecified atom stereocenters. The fourth-order valence-corrected chi connectivity index (χ4v) is 8.80. The SMILES string of the molecule is COC(=O)C(C(=O)/C=C/c1ccccc1)C(=O)/C=C/c1ccccc1.Cc1ccc(/C=C/C(=O)C(C(=O)/C=C/c2ccc(O)cc2)C(=O)Nc2ccc(OC(CO)CO)cc2)cc1.Cc1ccc(/C=C/C(=O)C(C(=O)/C=C/c2ccc(O)cc2)C(=O)Nc2ccc(OCC(=O)CO)cc2)cc1. The van der Waals surface area contributed by atoms with Gasteiger partial charge in [-0.2, -0.15) is 0 Å². The van der Waals surface area contributed by atoms with Gasteiger partial charge in [0, 0.05) is 11.4 Å². The van der Waals surface area contributed by atoms with E-state index in [-0.39, 0.29) is 31.3 Å². The van der Waals surface area contributed by atoms with Crippen molar-refractivity contribution < 1.29 is 87.7 Å². The number of aliphatic hydroxyl groups excluding tert-OH is 3.